The SMILES string of the molecule is C[C@@]12CCC[C@H]1[C@@H]1CCC3CC(CC(=O)O)C=C(O)[C@]3(C)[C@@H]1CC2. The number of carbonyl (C=O) groups is 1. The quantitative estimate of drug-likeness (QED) is 0.733. The summed E-state index contributed by atoms with van der Waals surface area (Å²) in [4.78, 5) is 11.1. The topological polar surface area (TPSA) is 57.5 Å². The summed E-state index contributed by atoms with van der Waals surface area (Å²) < 4.78 is 0. The first-order valence-corrected chi connectivity index (χ1v) is 9.97. The smallest absolute Gasteiger partial charge is 0.303 e. The van der Waals surface area contributed by atoms with Crippen LogP contribution in [0, 0.1) is 40.4 Å². The van der Waals surface area contributed by atoms with Crippen LogP contribution in [0.5, 0.6) is 0 Å². The van der Waals surface area contributed by atoms with Gasteiger partial charge in [-0.05, 0) is 86.0 Å². The van der Waals surface area contributed by atoms with Crippen LogP contribution in [0.1, 0.15) is 71.6 Å². The third-order valence-corrected chi connectivity index (χ3v) is 8.65. The molecule has 0 saturated heterocycles. The van der Waals surface area contributed by atoms with Crippen LogP contribution in [0.15, 0.2) is 11.8 Å². The number of fused-ring (bicyclic) bond motifs is 5. The molecule has 24 heavy (non-hydrogen) atoms. The number of aliphatic hydroxyl groups is 1. The second kappa shape index (κ2) is 5.51. The van der Waals surface area contributed by atoms with Crippen molar-refractivity contribution in [2.45, 2.75) is 71.6 Å². The minimum atomic E-state index is -0.749. The molecule has 0 aliphatic heterocycles. The minimum Gasteiger partial charge on any atom is -0.512 e. The Hall–Kier alpha value is -0.990. The number of hydrogen-bond donors (Lipinski definition) is 2. The zero-order valence-corrected chi connectivity index (χ0v) is 15.1. The molecular formula is C21H32O3. The van der Waals surface area contributed by atoms with Crippen molar-refractivity contribution in [2.75, 3.05) is 0 Å². The van der Waals surface area contributed by atoms with E-state index in [1.807, 2.05) is 6.08 Å². The van der Waals surface area contributed by atoms with E-state index in [4.69, 9.17) is 5.11 Å². The van der Waals surface area contributed by atoms with E-state index in [0.29, 0.717) is 23.0 Å². The second-order valence-electron chi connectivity index (χ2n) is 9.66. The van der Waals surface area contributed by atoms with Crippen LogP contribution in [0.25, 0.3) is 0 Å². The Balaban J connectivity index is 1.64. The molecule has 0 aromatic heterocycles. The molecule has 0 radical (unpaired) electrons. The summed E-state index contributed by atoms with van der Waals surface area (Å²) >= 11 is 0. The molecule has 4 aliphatic carbocycles. The summed E-state index contributed by atoms with van der Waals surface area (Å²) in [5, 5.41) is 20.1. The van der Waals surface area contributed by atoms with Crippen molar-refractivity contribution in [1.82, 2.24) is 0 Å². The third-order valence-electron chi connectivity index (χ3n) is 8.65. The minimum absolute atomic E-state index is 0.0115. The van der Waals surface area contributed by atoms with Crippen LogP contribution in [0.3, 0.4) is 0 Å². The maximum atomic E-state index is 11.1. The third kappa shape index (κ3) is 2.26. The average Bonchev–Trinajstić information content (AvgIpc) is 2.90. The maximum Gasteiger partial charge on any atom is 0.303 e. The summed E-state index contributed by atoms with van der Waals surface area (Å²) in [6.45, 7) is 4.80. The van der Waals surface area contributed by atoms with Crippen molar-refractivity contribution in [3.05, 3.63) is 11.8 Å². The molecule has 4 rings (SSSR count). The van der Waals surface area contributed by atoms with Crippen molar-refractivity contribution in [3.8, 4) is 0 Å². The zero-order valence-electron chi connectivity index (χ0n) is 15.1. The van der Waals surface area contributed by atoms with E-state index < -0.39 is 5.97 Å². The van der Waals surface area contributed by atoms with E-state index >= 15 is 0 Å². The standard InChI is InChI=1S/C21H32O3/c1-20-8-3-4-16(20)15-6-5-14-10-13(12-19(23)24)11-18(22)21(14,2)17(15)7-9-20/h11,13-17,22H,3-10,12H2,1-2H3,(H,23,24)/t13?,14?,15-,16-,17+,20-,21-/m0/s1. The van der Waals surface area contributed by atoms with Crippen molar-refractivity contribution < 1.29 is 15.0 Å². The van der Waals surface area contributed by atoms with E-state index in [9.17, 15) is 9.90 Å². The van der Waals surface area contributed by atoms with Gasteiger partial charge < -0.3 is 10.2 Å². The lowest BCUT2D eigenvalue weighted by Crippen LogP contribution is -2.53. The van der Waals surface area contributed by atoms with Crippen LogP contribution in [-0.2, 0) is 4.79 Å². The van der Waals surface area contributed by atoms with Gasteiger partial charge in [-0.25, -0.2) is 0 Å². The Kier molecular flexibility index (Phi) is 3.78. The highest BCUT2D eigenvalue weighted by atomic mass is 16.4. The number of hydrogen-bond acceptors (Lipinski definition) is 2. The van der Waals surface area contributed by atoms with Gasteiger partial charge in [0.25, 0.3) is 0 Å². The fraction of sp³-hybridized carbons (Fsp3) is 0.857. The van der Waals surface area contributed by atoms with E-state index in [0.717, 1.165) is 24.7 Å². The Morgan fingerprint density at radius 3 is 2.71 bits per heavy atom. The molecule has 134 valence electrons. The first kappa shape index (κ1) is 16.5. The molecule has 3 fully saturated rings. The fourth-order valence-electron chi connectivity index (χ4n) is 7.39. The lowest BCUT2D eigenvalue weighted by molar-refractivity contribution is -0.138. The molecular weight excluding hydrogens is 300 g/mol. The van der Waals surface area contributed by atoms with Gasteiger partial charge in [0, 0.05) is 5.41 Å². The Bertz CT molecular complexity index is 567. The summed E-state index contributed by atoms with van der Waals surface area (Å²) in [5.41, 5.74) is 0.437. The van der Waals surface area contributed by atoms with Gasteiger partial charge in [-0.1, -0.05) is 20.3 Å². The lowest BCUT2D eigenvalue weighted by Gasteiger charge is -2.59. The molecule has 0 aromatic rings. The number of carboxylic acids is 1. The van der Waals surface area contributed by atoms with Crippen LogP contribution < -0.4 is 0 Å². The first-order valence-electron chi connectivity index (χ1n) is 9.97. The molecule has 0 aromatic carbocycles. The number of aliphatic hydroxyl groups excluding tert-OH is 1. The molecule has 3 saturated carbocycles. The first-order chi connectivity index (χ1) is 11.3. The Labute approximate surface area is 145 Å². The summed E-state index contributed by atoms with van der Waals surface area (Å²) in [6.07, 6.45) is 12.2. The van der Waals surface area contributed by atoms with Gasteiger partial charge in [-0.15, -0.1) is 0 Å². The lowest BCUT2D eigenvalue weighted by atomic mass is 9.45. The molecule has 4 aliphatic rings. The van der Waals surface area contributed by atoms with E-state index in [2.05, 4.69) is 13.8 Å². The number of carboxylic acid groups (broad SMARTS) is 1. The summed E-state index contributed by atoms with van der Waals surface area (Å²) in [6, 6.07) is 0. The molecule has 3 nitrogen and oxygen atoms in total. The van der Waals surface area contributed by atoms with Crippen molar-refractivity contribution in [1.29, 1.82) is 0 Å². The van der Waals surface area contributed by atoms with E-state index in [-0.39, 0.29) is 17.8 Å². The van der Waals surface area contributed by atoms with Gasteiger partial charge in [0.2, 0.25) is 0 Å². The van der Waals surface area contributed by atoms with Gasteiger partial charge in [0.15, 0.2) is 0 Å². The van der Waals surface area contributed by atoms with E-state index in [1.54, 1.807) is 0 Å². The highest BCUT2D eigenvalue weighted by Crippen LogP contribution is 2.66. The zero-order chi connectivity index (χ0) is 17.1. The van der Waals surface area contributed by atoms with Crippen molar-refractivity contribution >= 4 is 5.97 Å². The van der Waals surface area contributed by atoms with Gasteiger partial charge >= 0.3 is 5.97 Å². The van der Waals surface area contributed by atoms with Gasteiger partial charge in [-0.2, -0.15) is 0 Å². The number of aliphatic carboxylic acids is 1. The van der Waals surface area contributed by atoms with Crippen LogP contribution in [0.4, 0.5) is 0 Å². The van der Waals surface area contributed by atoms with Gasteiger partial charge in [0.1, 0.15) is 0 Å². The molecule has 3 heteroatoms. The molecule has 0 heterocycles. The largest absolute Gasteiger partial charge is 0.512 e. The molecule has 2 N–H and O–H groups in total. The molecule has 7 atom stereocenters. The predicted molar refractivity (Wildman–Crippen MR) is 93.6 cm³/mol. The molecule has 0 spiro atoms. The van der Waals surface area contributed by atoms with Crippen LogP contribution in [0.2, 0.25) is 0 Å². The molecule has 2 unspecified atom stereocenters. The summed E-state index contributed by atoms with van der Waals surface area (Å²) in [7, 11) is 0. The van der Waals surface area contributed by atoms with Crippen LogP contribution in [-0.4, -0.2) is 16.2 Å². The number of rotatable bonds is 2. The van der Waals surface area contributed by atoms with Crippen molar-refractivity contribution in [3.63, 3.8) is 0 Å². The monoisotopic (exact) mass is 332 g/mol. The van der Waals surface area contributed by atoms with Crippen molar-refractivity contribution in [2.24, 2.45) is 40.4 Å². The second-order valence-corrected chi connectivity index (χ2v) is 9.66. The normalized spacial score (nSPS) is 50.4. The summed E-state index contributed by atoms with van der Waals surface area (Å²) in [5.74, 6) is 2.44. The highest BCUT2D eigenvalue weighted by Gasteiger charge is 2.59. The van der Waals surface area contributed by atoms with E-state index in [1.165, 1.54) is 38.5 Å². The number of allylic oxidation sites excluding steroid dienone is 2. The Morgan fingerprint density at radius 2 is 1.96 bits per heavy atom. The molecule has 0 amide bonds. The fourth-order valence-corrected chi connectivity index (χ4v) is 7.39. The van der Waals surface area contributed by atoms with Crippen LogP contribution >= 0.6 is 0 Å². The van der Waals surface area contributed by atoms with Gasteiger partial charge in [-0.3, -0.25) is 4.79 Å². The maximum absolute atomic E-state index is 11.1. The average molecular weight is 332 g/mol. The van der Waals surface area contributed by atoms with Gasteiger partial charge in [0.05, 0.1) is 12.2 Å². The predicted octanol–water partition coefficient (Wildman–Crippen LogP) is 5.17. The Morgan fingerprint density at radius 1 is 1.17 bits per heavy atom. The highest BCUT2D eigenvalue weighted by molar-refractivity contribution is 5.67. The molecule has 0 bridgehead atoms.